The van der Waals surface area contributed by atoms with Crippen LogP contribution in [0.25, 0.3) is 6.08 Å². The maximum Gasteiger partial charge on any atom is 0.343 e. The lowest BCUT2D eigenvalue weighted by atomic mass is 10.1. The zero-order chi connectivity index (χ0) is 20.4. The van der Waals surface area contributed by atoms with Gasteiger partial charge >= 0.3 is 5.97 Å². The molecule has 0 spiro atoms. The van der Waals surface area contributed by atoms with Crippen LogP contribution in [0.5, 0.6) is 17.2 Å². The molecular weight excluding hydrogens is 436 g/mol. The fourth-order valence-corrected chi connectivity index (χ4v) is 3.13. The number of rotatable bonds is 4. The van der Waals surface area contributed by atoms with E-state index in [9.17, 15) is 9.59 Å². The number of esters is 1. The third-order valence-electron chi connectivity index (χ3n) is 4.32. The highest BCUT2D eigenvalue weighted by Crippen LogP contribution is 2.35. The maximum absolute atomic E-state index is 12.6. The molecule has 0 bridgehead atoms. The molecule has 3 aromatic rings. The van der Waals surface area contributed by atoms with Crippen LogP contribution in [0.3, 0.4) is 0 Å². The van der Waals surface area contributed by atoms with Crippen LogP contribution in [-0.2, 0) is 0 Å². The van der Waals surface area contributed by atoms with Crippen LogP contribution in [-0.4, -0.2) is 18.9 Å². The third-order valence-corrected chi connectivity index (χ3v) is 4.85. The van der Waals surface area contributed by atoms with Crippen molar-refractivity contribution in [2.24, 2.45) is 0 Å². The van der Waals surface area contributed by atoms with Crippen molar-refractivity contribution < 1.29 is 23.8 Å². The molecule has 1 aliphatic heterocycles. The summed E-state index contributed by atoms with van der Waals surface area (Å²) < 4.78 is 17.2. The van der Waals surface area contributed by atoms with E-state index in [1.807, 2.05) is 18.2 Å². The number of Topliss-reactive ketones (excluding diaryl/α,β-unsaturated/α-hetero) is 1. The van der Waals surface area contributed by atoms with E-state index in [1.54, 1.807) is 55.7 Å². The number of ether oxygens (including phenoxy) is 3. The SMILES string of the molecule is COc1cccc(/C=C2\Oc3cc(OC(=O)c4ccc(Br)cc4)ccc3C2=O)c1. The Morgan fingerprint density at radius 2 is 1.79 bits per heavy atom. The molecule has 29 heavy (non-hydrogen) atoms. The first-order chi connectivity index (χ1) is 14.0. The molecule has 0 saturated heterocycles. The number of ketones is 1. The van der Waals surface area contributed by atoms with Gasteiger partial charge in [-0.15, -0.1) is 0 Å². The predicted molar refractivity (Wildman–Crippen MR) is 111 cm³/mol. The van der Waals surface area contributed by atoms with E-state index in [4.69, 9.17) is 14.2 Å². The molecule has 6 heteroatoms. The van der Waals surface area contributed by atoms with Crippen LogP contribution in [0.15, 0.2) is 77.0 Å². The average Bonchev–Trinajstić information content (AvgIpc) is 3.03. The molecule has 1 aliphatic rings. The Balaban J connectivity index is 1.54. The molecule has 144 valence electrons. The first-order valence-electron chi connectivity index (χ1n) is 8.73. The van der Waals surface area contributed by atoms with E-state index in [0.29, 0.717) is 28.4 Å². The van der Waals surface area contributed by atoms with E-state index in [-0.39, 0.29) is 11.5 Å². The van der Waals surface area contributed by atoms with Crippen molar-refractivity contribution >= 4 is 33.8 Å². The lowest BCUT2D eigenvalue weighted by Crippen LogP contribution is -2.08. The molecule has 4 rings (SSSR count). The Hall–Kier alpha value is -3.38. The number of hydrogen-bond donors (Lipinski definition) is 0. The zero-order valence-electron chi connectivity index (χ0n) is 15.3. The lowest BCUT2D eigenvalue weighted by molar-refractivity contribution is 0.0734. The van der Waals surface area contributed by atoms with Crippen LogP contribution in [0.4, 0.5) is 0 Å². The van der Waals surface area contributed by atoms with Crippen LogP contribution >= 0.6 is 15.9 Å². The predicted octanol–water partition coefficient (Wildman–Crippen LogP) is 5.29. The van der Waals surface area contributed by atoms with Gasteiger partial charge < -0.3 is 14.2 Å². The maximum atomic E-state index is 12.6. The highest BCUT2D eigenvalue weighted by atomic mass is 79.9. The quantitative estimate of drug-likeness (QED) is 0.306. The summed E-state index contributed by atoms with van der Waals surface area (Å²) in [4.78, 5) is 24.9. The molecule has 0 N–H and O–H groups in total. The van der Waals surface area contributed by atoms with Crippen molar-refractivity contribution in [1.29, 1.82) is 0 Å². The van der Waals surface area contributed by atoms with Crippen LogP contribution in [0.1, 0.15) is 26.3 Å². The number of methoxy groups -OCH3 is 1. The summed E-state index contributed by atoms with van der Waals surface area (Å²) >= 11 is 3.33. The van der Waals surface area contributed by atoms with Gasteiger partial charge in [-0.3, -0.25) is 4.79 Å². The molecule has 0 unspecified atom stereocenters. The number of halogens is 1. The summed E-state index contributed by atoms with van der Waals surface area (Å²) in [7, 11) is 1.58. The number of hydrogen-bond acceptors (Lipinski definition) is 5. The number of benzene rings is 3. The molecule has 0 aromatic heterocycles. The van der Waals surface area contributed by atoms with Gasteiger partial charge in [0, 0.05) is 10.5 Å². The normalized spacial score (nSPS) is 13.7. The van der Waals surface area contributed by atoms with Gasteiger partial charge in [0.05, 0.1) is 18.2 Å². The molecule has 5 nitrogen and oxygen atoms in total. The van der Waals surface area contributed by atoms with E-state index in [0.717, 1.165) is 10.0 Å². The Kier molecular flexibility index (Phi) is 5.18. The van der Waals surface area contributed by atoms with Crippen LogP contribution in [0, 0.1) is 0 Å². The second kappa shape index (κ2) is 7.93. The molecule has 0 aliphatic carbocycles. The molecule has 0 saturated carbocycles. The minimum Gasteiger partial charge on any atom is -0.497 e. The first kappa shape index (κ1) is 19.0. The van der Waals surface area contributed by atoms with Crippen LogP contribution < -0.4 is 14.2 Å². The molecule has 0 radical (unpaired) electrons. The van der Waals surface area contributed by atoms with E-state index in [1.165, 1.54) is 6.07 Å². The van der Waals surface area contributed by atoms with E-state index in [2.05, 4.69) is 15.9 Å². The van der Waals surface area contributed by atoms with E-state index >= 15 is 0 Å². The van der Waals surface area contributed by atoms with Crippen molar-refractivity contribution in [3.8, 4) is 17.2 Å². The lowest BCUT2D eigenvalue weighted by Gasteiger charge is -2.06. The highest BCUT2D eigenvalue weighted by Gasteiger charge is 2.28. The first-order valence-corrected chi connectivity index (χ1v) is 9.53. The second-order valence-electron chi connectivity index (χ2n) is 6.27. The summed E-state index contributed by atoms with van der Waals surface area (Å²) in [5.41, 5.74) is 1.62. The largest absolute Gasteiger partial charge is 0.497 e. The topological polar surface area (TPSA) is 61.8 Å². The second-order valence-corrected chi connectivity index (χ2v) is 7.19. The van der Waals surface area contributed by atoms with Crippen molar-refractivity contribution in [3.63, 3.8) is 0 Å². The number of allylic oxidation sites excluding steroid dienone is 1. The standard InChI is InChI=1S/C23H15BrO5/c1-27-17-4-2-3-14(11-17)12-21-22(25)19-10-9-18(13-20(19)29-21)28-23(26)15-5-7-16(24)8-6-15/h2-13H,1H3/b21-12-. The molecule has 0 fully saturated rings. The molecule has 0 amide bonds. The molecule has 1 heterocycles. The number of fused-ring (bicyclic) bond motifs is 1. The van der Waals surface area contributed by atoms with Gasteiger partial charge in [0.25, 0.3) is 0 Å². The monoisotopic (exact) mass is 450 g/mol. The Bertz CT molecular complexity index is 1130. The van der Waals surface area contributed by atoms with Gasteiger partial charge in [-0.05, 0) is 60.2 Å². The average molecular weight is 451 g/mol. The van der Waals surface area contributed by atoms with Crippen molar-refractivity contribution in [3.05, 3.63) is 93.7 Å². The van der Waals surface area contributed by atoms with Gasteiger partial charge in [-0.25, -0.2) is 4.79 Å². The van der Waals surface area contributed by atoms with Gasteiger partial charge in [0.15, 0.2) is 5.76 Å². The zero-order valence-corrected chi connectivity index (χ0v) is 16.9. The van der Waals surface area contributed by atoms with Gasteiger partial charge in [0.1, 0.15) is 17.2 Å². The summed E-state index contributed by atoms with van der Waals surface area (Å²) in [5.74, 6) is 0.814. The molecule has 0 atom stereocenters. The van der Waals surface area contributed by atoms with Crippen molar-refractivity contribution in [1.82, 2.24) is 0 Å². The number of carbonyl (C=O) groups is 2. The fraction of sp³-hybridized carbons (Fsp3) is 0.0435. The smallest absolute Gasteiger partial charge is 0.343 e. The minimum absolute atomic E-state index is 0.199. The highest BCUT2D eigenvalue weighted by molar-refractivity contribution is 9.10. The number of carbonyl (C=O) groups excluding carboxylic acids is 2. The van der Waals surface area contributed by atoms with Gasteiger partial charge in [0.2, 0.25) is 5.78 Å². The van der Waals surface area contributed by atoms with Crippen molar-refractivity contribution in [2.45, 2.75) is 0 Å². The van der Waals surface area contributed by atoms with Crippen LogP contribution in [0.2, 0.25) is 0 Å². The van der Waals surface area contributed by atoms with Gasteiger partial charge in [-0.1, -0.05) is 28.1 Å². The summed E-state index contributed by atoms with van der Waals surface area (Å²) in [5, 5.41) is 0. The van der Waals surface area contributed by atoms with Crippen molar-refractivity contribution in [2.75, 3.05) is 7.11 Å². The Morgan fingerprint density at radius 1 is 1.00 bits per heavy atom. The summed E-state index contributed by atoms with van der Waals surface area (Å²) in [6.07, 6.45) is 1.65. The summed E-state index contributed by atoms with van der Waals surface area (Å²) in [6.45, 7) is 0. The fourth-order valence-electron chi connectivity index (χ4n) is 2.87. The van der Waals surface area contributed by atoms with Gasteiger partial charge in [-0.2, -0.15) is 0 Å². The van der Waals surface area contributed by atoms with E-state index < -0.39 is 5.97 Å². The Labute approximate surface area is 175 Å². The third kappa shape index (κ3) is 4.07. The molecular formula is C23H15BrO5. The Morgan fingerprint density at radius 3 is 2.55 bits per heavy atom. The molecule has 3 aromatic carbocycles. The minimum atomic E-state index is -0.492. The summed E-state index contributed by atoms with van der Waals surface area (Å²) in [6, 6.07) is 18.9.